The van der Waals surface area contributed by atoms with Gasteiger partial charge in [0.2, 0.25) is 0 Å². The molecule has 2 rings (SSSR count). The highest BCUT2D eigenvalue weighted by Crippen LogP contribution is 2.26. The first-order chi connectivity index (χ1) is 13.5. The van der Waals surface area contributed by atoms with Gasteiger partial charge in [0.1, 0.15) is 0 Å². The van der Waals surface area contributed by atoms with E-state index in [9.17, 15) is 14.4 Å². The van der Waals surface area contributed by atoms with Crippen LogP contribution in [0.5, 0.6) is 11.5 Å². The Balaban J connectivity index is 2.16. The Morgan fingerprint density at radius 2 is 1.54 bits per heavy atom. The molecular formula is C20H21NO7. The zero-order valence-corrected chi connectivity index (χ0v) is 15.8. The van der Waals surface area contributed by atoms with Gasteiger partial charge in [-0.2, -0.15) is 0 Å². The van der Waals surface area contributed by atoms with Crippen molar-refractivity contribution in [2.24, 2.45) is 0 Å². The third kappa shape index (κ3) is 5.23. The molecule has 0 atom stereocenters. The second-order valence-corrected chi connectivity index (χ2v) is 5.46. The van der Waals surface area contributed by atoms with Crippen LogP contribution in [0, 0.1) is 0 Å². The smallest absolute Gasteiger partial charge is 0.339 e. The van der Waals surface area contributed by atoms with E-state index in [1.54, 1.807) is 24.3 Å². The lowest BCUT2D eigenvalue weighted by molar-refractivity contribution is -0.118. The number of anilines is 1. The Kier molecular flexibility index (Phi) is 7.38. The Morgan fingerprint density at radius 1 is 0.893 bits per heavy atom. The summed E-state index contributed by atoms with van der Waals surface area (Å²) in [5, 5.41) is 2.55. The number of carbonyl (C=O) groups is 3. The number of hydrogen-bond acceptors (Lipinski definition) is 7. The molecule has 0 spiro atoms. The van der Waals surface area contributed by atoms with E-state index >= 15 is 0 Å². The molecular weight excluding hydrogens is 366 g/mol. The summed E-state index contributed by atoms with van der Waals surface area (Å²) in [5.74, 6) is -0.863. The number of esters is 2. The predicted molar refractivity (Wildman–Crippen MR) is 101 cm³/mol. The van der Waals surface area contributed by atoms with E-state index in [1.807, 2.05) is 6.92 Å². The Labute approximate surface area is 162 Å². The van der Waals surface area contributed by atoms with Gasteiger partial charge in [0, 0.05) is 0 Å². The van der Waals surface area contributed by atoms with Crippen LogP contribution in [0.1, 0.15) is 27.6 Å². The second-order valence-electron chi connectivity index (χ2n) is 5.46. The van der Waals surface area contributed by atoms with Crippen molar-refractivity contribution in [2.75, 3.05) is 32.8 Å². The third-order valence-corrected chi connectivity index (χ3v) is 3.63. The molecule has 0 saturated heterocycles. The third-order valence-electron chi connectivity index (χ3n) is 3.63. The summed E-state index contributed by atoms with van der Waals surface area (Å²) in [6, 6.07) is 11.1. The number of para-hydroxylation sites is 2. The largest absolute Gasteiger partial charge is 0.490 e. The van der Waals surface area contributed by atoms with Crippen molar-refractivity contribution in [1.29, 1.82) is 0 Å². The maximum Gasteiger partial charge on any atom is 0.339 e. The first-order valence-electron chi connectivity index (χ1n) is 8.45. The molecule has 0 aliphatic rings. The maximum absolute atomic E-state index is 12.3. The minimum atomic E-state index is -0.658. The van der Waals surface area contributed by atoms with Crippen LogP contribution in [-0.2, 0) is 14.3 Å². The van der Waals surface area contributed by atoms with Gasteiger partial charge >= 0.3 is 11.9 Å². The molecule has 2 aromatic carbocycles. The van der Waals surface area contributed by atoms with E-state index in [1.165, 1.54) is 32.4 Å². The molecule has 0 heterocycles. The molecule has 0 unspecified atom stereocenters. The van der Waals surface area contributed by atoms with E-state index in [2.05, 4.69) is 10.1 Å². The van der Waals surface area contributed by atoms with Gasteiger partial charge in [0.15, 0.2) is 18.1 Å². The minimum Gasteiger partial charge on any atom is -0.490 e. The first kappa shape index (κ1) is 20.8. The number of carbonyl (C=O) groups excluding carboxylic acids is 3. The van der Waals surface area contributed by atoms with Gasteiger partial charge in [-0.25, -0.2) is 9.59 Å². The number of amides is 1. The highest BCUT2D eigenvalue weighted by atomic mass is 16.5. The summed E-state index contributed by atoms with van der Waals surface area (Å²) in [5.41, 5.74) is 0.382. The topological polar surface area (TPSA) is 100 Å². The molecule has 1 amide bonds. The average molecular weight is 387 g/mol. The van der Waals surface area contributed by atoms with Crippen LogP contribution in [0.25, 0.3) is 0 Å². The van der Waals surface area contributed by atoms with E-state index < -0.39 is 17.8 Å². The molecule has 0 fully saturated rings. The number of ether oxygens (including phenoxy) is 4. The fourth-order valence-electron chi connectivity index (χ4n) is 2.35. The van der Waals surface area contributed by atoms with Gasteiger partial charge < -0.3 is 24.3 Å². The van der Waals surface area contributed by atoms with Gasteiger partial charge in [0.05, 0.1) is 37.6 Å². The van der Waals surface area contributed by atoms with Crippen molar-refractivity contribution >= 4 is 23.5 Å². The fourth-order valence-corrected chi connectivity index (χ4v) is 2.35. The van der Waals surface area contributed by atoms with Gasteiger partial charge in [-0.1, -0.05) is 12.1 Å². The quantitative estimate of drug-likeness (QED) is 0.695. The summed E-state index contributed by atoms with van der Waals surface area (Å²) < 4.78 is 20.3. The molecule has 0 aliphatic heterocycles. The number of hydrogen-bond donors (Lipinski definition) is 1. The van der Waals surface area contributed by atoms with Crippen molar-refractivity contribution in [3.8, 4) is 11.5 Å². The zero-order valence-electron chi connectivity index (χ0n) is 15.8. The Bertz CT molecular complexity index is 863. The SMILES string of the molecule is CCOc1ccccc1OCC(=O)Nc1cc(C(=O)OC)ccc1C(=O)OC. The van der Waals surface area contributed by atoms with E-state index in [0.29, 0.717) is 18.1 Å². The second kappa shape index (κ2) is 9.96. The average Bonchev–Trinajstić information content (AvgIpc) is 2.72. The molecule has 0 saturated carbocycles. The van der Waals surface area contributed by atoms with Crippen LogP contribution in [-0.4, -0.2) is 45.3 Å². The lowest BCUT2D eigenvalue weighted by Gasteiger charge is -2.13. The van der Waals surface area contributed by atoms with E-state index in [4.69, 9.17) is 14.2 Å². The van der Waals surface area contributed by atoms with Crippen LogP contribution in [0.15, 0.2) is 42.5 Å². The van der Waals surface area contributed by atoms with E-state index in [-0.39, 0.29) is 23.4 Å². The summed E-state index contributed by atoms with van der Waals surface area (Å²) >= 11 is 0. The zero-order chi connectivity index (χ0) is 20.5. The van der Waals surface area contributed by atoms with Crippen LogP contribution >= 0.6 is 0 Å². The van der Waals surface area contributed by atoms with Crippen LogP contribution in [0.4, 0.5) is 5.69 Å². The molecule has 0 aliphatic carbocycles. The number of benzene rings is 2. The van der Waals surface area contributed by atoms with Crippen LogP contribution in [0.3, 0.4) is 0 Å². The number of nitrogens with one attached hydrogen (secondary N) is 1. The molecule has 0 radical (unpaired) electrons. The van der Waals surface area contributed by atoms with Crippen molar-refractivity contribution in [3.05, 3.63) is 53.6 Å². The molecule has 28 heavy (non-hydrogen) atoms. The normalized spacial score (nSPS) is 9.96. The van der Waals surface area contributed by atoms with Gasteiger partial charge in [-0.05, 0) is 37.3 Å². The lowest BCUT2D eigenvalue weighted by atomic mass is 10.1. The number of rotatable bonds is 8. The van der Waals surface area contributed by atoms with Gasteiger partial charge in [0.25, 0.3) is 5.91 Å². The highest BCUT2D eigenvalue weighted by molar-refractivity contribution is 6.03. The summed E-state index contributed by atoms with van der Waals surface area (Å²) in [4.78, 5) is 36.0. The van der Waals surface area contributed by atoms with Gasteiger partial charge in [-0.3, -0.25) is 4.79 Å². The summed E-state index contributed by atoms with van der Waals surface area (Å²) in [7, 11) is 2.45. The van der Waals surface area contributed by atoms with Crippen LogP contribution in [0.2, 0.25) is 0 Å². The molecule has 8 heteroatoms. The Hall–Kier alpha value is -3.55. The molecule has 8 nitrogen and oxygen atoms in total. The minimum absolute atomic E-state index is 0.0956. The Morgan fingerprint density at radius 3 is 2.14 bits per heavy atom. The lowest BCUT2D eigenvalue weighted by Crippen LogP contribution is -2.22. The standard InChI is InChI=1S/C20H21NO7/c1-4-27-16-7-5-6-8-17(16)28-12-18(22)21-15-11-13(19(23)25-2)9-10-14(15)20(24)26-3/h5-11H,4,12H2,1-3H3,(H,21,22). The maximum atomic E-state index is 12.3. The summed E-state index contributed by atoms with van der Waals surface area (Å²) in [6.45, 7) is 1.97. The molecule has 1 N–H and O–H groups in total. The monoisotopic (exact) mass is 387 g/mol. The molecule has 148 valence electrons. The fraction of sp³-hybridized carbons (Fsp3) is 0.250. The van der Waals surface area contributed by atoms with Crippen LogP contribution < -0.4 is 14.8 Å². The van der Waals surface area contributed by atoms with Crippen molar-refractivity contribution < 1.29 is 33.3 Å². The predicted octanol–water partition coefficient (Wildman–Crippen LogP) is 2.68. The van der Waals surface area contributed by atoms with E-state index in [0.717, 1.165) is 0 Å². The molecule has 0 bridgehead atoms. The highest BCUT2D eigenvalue weighted by Gasteiger charge is 2.18. The first-order valence-corrected chi connectivity index (χ1v) is 8.45. The summed E-state index contributed by atoms with van der Waals surface area (Å²) in [6.07, 6.45) is 0. The van der Waals surface area contributed by atoms with Crippen molar-refractivity contribution in [2.45, 2.75) is 6.92 Å². The van der Waals surface area contributed by atoms with Gasteiger partial charge in [-0.15, -0.1) is 0 Å². The molecule has 2 aromatic rings. The van der Waals surface area contributed by atoms with Crippen molar-refractivity contribution in [1.82, 2.24) is 0 Å². The number of methoxy groups -OCH3 is 2. The van der Waals surface area contributed by atoms with Crippen molar-refractivity contribution in [3.63, 3.8) is 0 Å². The molecule has 0 aromatic heterocycles.